The van der Waals surface area contributed by atoms with E-state index in [1.807, 2.05) is 0 Å². The number of hydrogen-bond acceptors (Lipinski definition) is 2. The van der Waals surface area contributed by atoms with Gasteiger partial charge in [0, 0.05) is 14.2 Å². The van der Waals surface area contributed by atoms with Gasteiger partial charge >= 0.3 is 0 Å². The molecule has 0 saturated carbocycles. The summed E-state index contributed by atoms with van der Waals surface area (Å²) >= 11 is 0. The molecule has 0 atom stereocenters. The van der Waals surface area contributed by atoms with Gasteiger partial charge in [-0.3, -0.25) is 0 Å². The molecule has 0 unspecified atom stereocenters. The van der Waals surface area contributed by atoms with Crippen molar-refractivity contribution in [2.24, 2.45) is 0 Å². The van der Waals surface area contributed by atoms with Crippen LogP contribution in [-0.2, 0) is 8.85 Å². The van der Waals surface area contributed by atoms with Crippen molar-refractivity contribution in [2.75, 3.05) is 14.2 Å². The fourth-order valence-corrected chi connectivity index (χ4v) is 226. The van der Waals surface area contributed by atoms with Crippen molar-refractivity contribution >= 4 is 52.7 Å². The lowest BCUT2D eigenvalue weighted by atomic mass is 10.2. The summed E-state index contributed by atoms with van der Waals surface area (Å²) in [7, 11) is -10.0. The van der Waals surface area contributed by atoms with Crippen LogP contribution in [0.15, 0.2) is 0 Å². The maximum absolute atomic E-state index is 7.90. The smallest absolute Gasteiger partial charge is 0.280 e. The van der Waals surface area contributed by atoms with E-state index in [0.29, 0.717) is 0 Å². The predicted octanol–water partition coefficient (Wildman–Crippen LogP) is 13.9. The largest absolute Gasteiger partial charge is 0.403 e. The maximum Gasteiger partial charge on any atom is 0.280 e. The van der Waals surface area contributed by atoms with Crippen molar-refractivity contribution in [1.29, 1.82) is 0 Å². The molecule has 0 aliphatic rings. The second kappa shape index (κ2) is 13.4. The zero-order valence-corrected chi connectivity index (χ0v) is 45.3. The van der Waals surface area contributed by atoms with Gasteiger partial charge in [0.15, 0.2) is 0 Å². The standard InChI is InChI=1S/C38H90O2Si7/c1-31(2,3)43(27,32(4,5)6)41(44(28,33(7,8)9)34(10,11)12)47(39-25,40-26)42(45(29,35(13,14)15)36(16,17)18)46(30,37(19,20)21)38(22,23)24/h1-30H3. The Morgan fingerprint density at radius 1 is 0.277 bits per heavy atom. The summed E-state index contributed by atoms with van der Waals surface area (Å²) in [5.41, 5.74) is 0. The minimum Gasteiger partial charge on any atom is -0.403 e. The summed E-state index contributed by atoms with van der Waals surface area (Å²) in [6.45, 7) is 74.9. The Labute approximate surface area is 306 Å². The van der Waals surface area contributed by atoms with E-state index >= 15 is 0 Å². The summed E-state index contributed by atoms with van der Waals surface area (Å²) in [4.78, 5) is 0. The van der Waals surface area contributed by atoms with Crippen LogP contribution in [0.5, 0.6) is 0 Å². The van der Waals surface area contributed by atoms with Crippen LogP contribution < -0.4 is 0 Å². The van der Waals surface area contributed by atoms with Crippen molar-refractivity contribution in [1.82, 2.24) is 0 Å². The Hall–Kier alpha value is 1.44. The Bertz CT molecular complexity index is 841. The van der Waals surface area contributed by atoms with E-state index in [1.54, 1.807) is 0 Å². The Balaban J connectivity index is 10.1. The zero-order valence-electron chi connectivity index (χ0n) is 38.3. The molecule has 47 heavy (non-hydrogen) atoms. The van der Waals surface area contributed by atoms with Gasteiger partial charge in [0.25, 0.3) is 7.60 Å². The third-order valence-electron chi connectivity index (χ3n) is 15.2. The summed E-state index contributed by atoms with van der Waals surface area (Å²) < 4.78 is 15.8. The molecule has 0 aromatic rings. The Morgan fingerprint density at radius 3 is 0.447 bits per heavy atom. The summed E-state index contributed by atoms with van der Waals surface area (Å²) in [6, 6.07) is 0. The molecule has 0 aliphatic carbocycles. The molecule has 0 aromatic heterocycles. The molecule has 0 aliphatic heterocycles. The lowest BCUT2D eigenvalue weighted by molar-refractivity contribution is 0.285. The van der Waals surface area contributed by atoms with Crippen LogP contribution in [0.3, 0.4) is 0 Å². The topological polar surface area (TPSA) is 18.5 Å². The highest BCUT2D eigenvalue weighted by Crippen LogP contribution is 2.67. The molecule has 2 radical (unpaired) electrons. The lowest BCUT2D eigenvalue weighted by Crippen LogP contribution is -2.96. The fourth-order valence-electron chi connectivity index (χ4n) is 10.4. The molecular formula is C38H90O2Si7. The predicted molar refractivity (Wildman–Crippen MR) is 235 cm³/mol. The summed E-state index contributed by atoms with van der Waals surface area (Å²) in [5, 5.41) is 1.63. The molecule has 0 spiro atoms. The molecule has 0 saturated heterocycles. The van der Waals surface area contributed by atoms with Crippen molar-refractivity contribution in [3.05, 3.63) is 0 Å². The Kier molecular flexibility index (Phi) is 13.8. The monoisotopic (exact) mass is 775 g/mol. The molecule has 0 heterocycles. The van der Waals surface area contributed by atoms with Crippen molar-refractivity contribution < 1.29 is 8.85 Å². The highest BCUT2D eigenvalue weighted by molar-refractivity contribution is 8.01. The lowest BCUT2D eigenvalue weighted by Gasteiger charge is -2.72. The van der Waals surface area contributed by atoms with E-state index in [-0.39, 0.29) is 40.3 Å². The van der Waals surface area contributed by atoms with Gasteiger partial charge in [0.2, 0.25) is 0 Å². The minimum absolute atomic E-state index is 0.204. The average Bonchev–Trinajstić information content (AvgIpc) is 2.76. The molecule has 0 N–H and O–H groups in total. The molecule has 282 valence electrons. The third kappa shape index (κ3) is 7.35. The quantitative estimate of drug-likeness (QED) is 0.229. The minimum atomic E-state index is -2.97. The van der Waals surface area contributed by atoms with E-state index in [4.69, 9.17) is 8.85 Å². The van der Waals surface area contributed by atoms with Crippen LogP contribution in [-0.4, -0.2) is 66.9 Å². The van der Waals surface area contributed by atoms with Gasteiger partial charge < -0.3 is 8.85 Å². The van der Waals surface area contributed by atoms with Gasteiger partial charge in [-0.25, -0.2) is 0 Å². The number of hydrogen-bond donors (Lipinski definition) is 0. The molecule has 2 nitrogen and oxygen atoms in total. The average molecular weight is 776 g/mol. The first-order valence-corrected chi connectivity index (χ1v) is 39.5. The van der Waals surface area contributed by atoms with Crippen molar-refractivity contribution in [3.8, 4) is 0 Å². The van der Waals surface area contributed by atoms with Crippen LogP contribution in [0.1, 0.15) is 166 Å². The van der Waals surface area contributed by atoms with Gasteiger partial charge in [-0.1, -0.05) is 192 Å². The van der Waals surface area contributed by atoms with Crippen LogP contribution in [0.25, 0.3) is 0 Å². The van der Waals surface area contributed by atoms with Crippen molar-refractivity contribution in [2.45, 2.75) is 233 Å². The molecule has 0 amide bonds. The van der Waals surface area contributed by atoms with Gasteiger partial charge in [-0.15, -0.1) is 0 Å². The highest BCUT2D eigenvalue weighted by atomic mass is 30.2. The third-order valence-corrected chi connectivity index (χ3v) is 143. The molecule has 0 fully saturated rings. The normalized spacial score (nSPS) is 16.9. The second-order valence-electron chi connectivity index (χ2n) is 24.3. The van der Waals surface area contributed by atoms with Crippen LogP contribution in [0.2, 0.25) is 66.5 Å². The second-order valence-corrected chi connectivity index (χ2v) is 84.3. The molecule has 0 aromatic carbocycles. The first kappa shape index (κ1) is 48.4. The molecule has 9 heteroatoms. The van der Waals surface area contributed by atoms with E-state index in [0.717, 1.165) is 0 Å². The summed E-state index contributed by atoms with van der Waals surface area (Å²) in [5.74, 6) is 0. The molecule has 0 rings (SSSR count). The van der Waals surface area contributed by atoms with E-state index in [1.165, 1.54) is 0 Å². The summed E-state index contributed by atoms with van der Waals surface area (Å²) in [6.07, 6.45) is 0. The van der Waals surface area contributed by atoms with Crippen LogP contribution >= 0.6 is 0 Å². The molecule has 0 bridgehead atoms. The SMILES string of the molecule is CO[Si](OC)([Si]([Si](C)(C(C)(C)C)C(C)(C)C)[Si](C)(C(C)(C)C)C(C)(C)C)[Si]([Si](C)(C(C)(C)C)C(C)(C)C)[Si](C)(C(C)(C)C)C(C)(C)C. The zero-order chi connectivity index (χ0) is 39.1. The van der Waals surface area contributed by atoms with Crippen LogP contribution in [0.4, 0.5) is 0 Å². The van der Waals surface area contributed by atoms with E-state index in [2.05, 4.69) is 207 Å². The highest BCUT2D eigenvalue weighted by Gasteiger charge is 2.81. The van der Waals surface area contributed by atoms with E-state index < -0.39 is 52.7 Å². The number of rotatable bonds is 8. The van der Waals surface area contributed by atoms with Gasteiger partial charge in [0.1, 0.15) is 0 Å². The van der Waals surface area contributed by atoms with Gasteiger partial charge in [-0.2, -0.15) is 0 Å². The molecular weight excluding hydrogens is 685 g/mol. The Morgan fingerprint density at radius 2 is 0.383 bits per heavy atom. The van der Waals surface area contributed by atoms with Crippen LogP contribution in [0, 0.1) is 0 Å². The van der Waals surface area contributed by atoms with Gasteiger partial charge in [-0.05, 0) is 40.3 Å². The fraction of sp³-hybridized carbons (Fsp3) is 1.00. The van der Waals surface area contributed by atoms with Crippen molar-refractivity contribution in [3.63, 3.8) is 0 Å². The van der Waals surface area contributed by atoms with E-state index in [9.17, 15) is 0 Å². The van der Waals surface area contributed by atoms with Gasteiger partial charge in [0.05, 0.1) is 45.1 Å². The maximum atomic E-state index is 7.90. The first-order chi connectivity index (χ1) is 19.9. The first-order valence-electron chi connectivity index (χ1n) is 18.7.